The molecular formula is C15H17BrN+. The smallest absolute Gasteiger partial charge is 0.188 e. The van der Waals surface area contributed by atoms with Gasteiger partial charge in [-0.05, 0) is 38.0 Å². The third kappa shape index (κ3) is 2.75. The van der Waals surface area contributed by atoms with Crippen molar-refractivity contribution in [1.82, 2.24) is 0 Å². The van der Waals surface area contributed by atoms with Gasteiger partial charge in [0.1, 0.15) is 0 Å². The minimum absolute atomic E-state index is 0.916. The summed E-state index contributed by atoms with van der Waals surface area (Å²) in [5.74, 6) is 0. The lowest BCUT2D eigenvalue weighted by molar-refractivity contribution is -0.699. The van der Waals surface area contributed by atoms with Crippen LogP contribution in [0.5, 0.6) is 0 Å². The Balaban J connectivity index is 2.40. The van der Waals surface area contributed by atoms with E-state index in [0.29, 0.717) is 0 Å². The molecule has 0 bridgehead atoms. The van der Waals surface area contributed by atoms with Crippen LogP contribution >= 0.6 is 15.9 Å². The summed E-state index contributed by atoms with van der Waals surface area (Å²) in [4.78, 5) is 0. The van der Waals surface area contributed by atoms with Crippen molar-refractivity contribution in [2.45, 2.75) is 27.3 Å². The first-order chi connectivity index (χ1) is 8.08. The predicted octanol–water partition coefficient (Wildman–Crippen LogP) is 3.71. The van der Waals surface area contributed by atoms with Gasteiger partial charge in [0.05, 0.1) is 0 Å². The maximum atomic E-state index is 3.58. The number of benzene rings is 1. The second-order valence-corrected chi connectivity index (χ2v) is 5.34. The van der Waals surface area contributed by atoms with E-state index in [2.05, 4.69) is 71.7 Å². The van der Waals surface area contributed by atoms with E-state index in [-0.39, 0.29) is 0 Å². The van der Waals surface area contributed by atoms with Crippen molar-refractivity contribution in [3.05, 3.63) is 63.4 Å². The van der Waals surface area contributed by atoms with Crippen molar-refractivity contribution in [3.63, 3.8) is 0 Å². The molecule has 0 N–H and O–H groups in total. The number of hydrogen-bond donors (Lipinski definition) is 0. The van der Waals surface area contributed by atoms with Gasteiger partial charge in [-0.15, -0.1) is 0 Å². The molecule has 17 heavy (non-hydrogen) atoms. The molecule has 1 nitrogen and oxygen atoms in total. The molecule has 1 aromatic carbocycles. The van der Waals surface area contributed by atoms with Crippen LogP contribution < -0.4 is 4.57 Å². The van der Waals surface area contributed by atoms with E-state index >= 15 is 0 Å². The molecular weight excluding hydrogens is 274 g/mol. The molecule has 0 atom stereocenters. The first-order valence-corrected chi connectivity index (χ1v) is 6.58. The fourth-order valence-electron chi connectivity index (χ4n) is 2.21. The number of halogens is 1. The lowest BCUT2D eigenvalue weighted by Crippen LogP contribution is -2.35. The lowest BCUT2D eigenvalue weighted by atomic mass is 10.00. The van der Waals surface area contributed by atoms with Crippen LogP contribution in [0.2, 0.25) is 0 Å². The fourth-order valence-corrected chi connectivity index (χ4v) is 2.61. The summed E-state index contributed by atoms with van der Waals surface area (Å²) in [5, 5.41) is 0. The van der Waals surface area contributed by atoms with Gasteiger partial charge in [-0.25, -0.2) is 0 Å². The Morgan fingerprint density at radius 1 is 1.06 bits per heavy atom. The summed E-state index contributed by atoms with van der Waals surface area (Å²) in [6.07, 6.45) is 2.10. The van der Waals surface area contributed by atoms with E-state index in [9.17, 15) is 0 Å². The molecule has 2 rings (SSSR count). The fraction of sp³-hybridized carbons (Fsp3) is 0.267. The number of aromatic nitrogens is 1. The first-order valence-electron chi connectivity index (χ1n) is 5.78. The zero-order valence-corrected chi connectivity index (χ0v) is 12.1. The van der Waals surface area contributed by atoms with Gasteiger partial charge < -0.3 is 0 Å². The summed E-state index contributed by atoms with van der Waals surface area (Å²) in [7, 11) is 0. The largest absolute Gasteiger partial charge is 0.248 e. The number of rotatable bonds is 2. The van der Waals surface area contributed by atoms with Crippen molar-refractivity contribution in [2.75, 3.05) is 0 Å². The Bertz CT molecular complexity index is 523. The second kappa shape index (κ2) is 5.01. The molecule has 0 radical (unpaired) electrons. The Hall–Kier alpha value is -1.15. The van der Waals surface area contributed by atoms with Crippen molar-refractivity contribution in [1.29, 1.82) is 0 Å². The summed E-state index contributed by atoms with van der Waals surface area (Å²) in [6.45, 7) is 7.44. The van der Waals surface area contributed by atoms with Crippen LogP contribution in [0.25, 0.3) is 0 Å². The molecule has 0 amide bonds. The third-order valence-corrected chi connectivity index (χ3v) is 3.77. The van der Waals surface area contributed by atoms with Gasteiger partial charge in [0.15, 0.2) is 12.7 Å². The molecule has 0 aliphatic heterocycles. The first kappa shape index (κ1) is 12.3. The van der Waals surface area contributed by atoms with E-state index in [0.717, 1.165) is 11.1 Å². The number of aryl methyl sites for hydroxylation is 3. The SMILES string of the molecule is Cc1cc(C)c(C[n+]2ccccc2Br)c(C)c1. The maximum Gasteiger partial charge on any atom is 0.248 e. The molecule has 0 saturated carbocycles. The highest BCUT2D eigenvalue weighted by atomic mass is 79.9. The summed E-state index contributed by atoms with van der Waals surface area (Å²) in [5.41, 5.74) is 5.48. The number of pyridine rings is 1. The predicted molar refractivity (Wildman–Crippen MR) is 74.1 cm³/mol. The minimum Gasteiger partial charge on any atom is -0.188 e. The molecule has 1 heterocycles. The number of nitrogens with zero attached hydrogens (tertiary/aromatic N) is 1. The Morgan fingerprint density at radius 2 is 1.71 bits per heavy atom. The molecule has 0 saturated heterocycles. The van der Waals surface area contributed by atoms with E-state index in [4.69, 9.17) is 0 Å². The molecule has 0 spiro atoms. The molecule has 88 valence electrons. The minimum atomic E-state index is 0.916. The van der Waals surface area contributed by atoms with Crippen molar-refractivity contribution < 1.29 is 4.57 Å². The monoisotopic (exact) mass is 290 g/mol. The van der Waals surface area contributed by atoms with Crippen LogP contribution in [0.15, 0.2) is 41.1 Å². The molecule has 0 unspecified atom stereocenters. The Kier molecular flexibility index (Phi) is 3.63. The van der Waals surface area contributed by atoms with E-state index < -0.39 is 0 Å². The van der Waals surface area contributed by atoms with Crippen LogP contribution in [-0.2, 0) is 6.54 Å². The van der Waals surface area contributed by atoms with Gasteiger partial charge in [0.25, 0.3) is 0 Å². The zero-order chi connectivity index (χ0) is 12.4. The zero-order valence-electron chi connectivity index (χ0n) is 10.5. The molecule has 2 heteroatoms. The Labute approximate surface area is 111 Å². The highest BCUT2D eigenvalue weighted by molar-refractivity contribution is 9.10. The molecule has 0 fully saturated rings. The normalized spacial score (nSPS) is 10.6. The quantitative estimate of drug-likeness (QED) is 0.586. The molecule has 0 aliphatic carbocycles. The van der Waals surface area contributed by atoms with Gasteiger partial charge in [0.2, 0.25) is 4.60 Å². The summed E-state index contributed by atoms with van der Waals surface area (Å²) >= 11 is 3.58. The topological polar surface area (TPSA) is 3.88 Å². The van der Waals surface area contributed by atoms with Gasteiger partial charge in [-0.3, -0.25) is 0 Å². The van der Waals surface area contributed by atoms with Crippen LogP contribution in [0.1, 0.15) is 22.3 Å². The maximum absolute atomic E-state index is 3.58. The summed E-state index contributed by atoms with van der Waals surface area (Å²) < 4.78 is 3.32. The second-order valence-electron chi connectivity index (χ2n) is 4.53. The van der Waals surface area contributed by atoms with Crippen LogP contribution in [-0.4, -0.2) is 0 Å². The van der Waals surface area contributed by atoms with Crippen molar-refractivity contribution in [3.8, 4) is 0 Å². The molecule has 0 aliphatic rings. The molecule has 1 aromatic heterocycles. The molecule has 2 aromatic rings. The van der Waals surface area contributed by atoms with Crippen molar-refractivity contribution in [2.24, 2.45) is 0 Å². The Morgan fingerprint density at radius 3 is 2.29 bits per heavy atom. The average molecular weight is 291 g/mol. The number of hydrogen-bond acceptors (Lipinski definition) is 0. The third-order valence-electron chi connectivity index (χ3n) is 3.05. The average Bonchev–Trinajstić information content (AvgIpc) is 2.25. The van der Waals surface area contributed by atoms with Crippen LogP contribution in [0, 0.1) is 20.8 Å². The van der Waals surface area contributed by atoms with E-state index in [1.165, 1.54) is 22.3 Å². The van der Waals surface area contributed by atoms with Gasteiger partial charge in [-0.1, -0.05) is 17.7 Å². The highest BCUT2D eigenvalue weighted by Gasteiger charge is 2.11. The summed E-state index contributed by atoms with van der Waals surface area (Å²) in [6, 6.07) is 10.7. The van der Waals surface area contributed by atoms with Crippen molar-refractivity contribution >= 4 is 15.9 Å². The van der Waals surface area contributed by atoms with Gasteiger partial charge in [0, 0.05) is 33.6 Å². The van der Waals surface area contributed by atoms with Crippen LogP contribution in [0.3, 0.4) is 0 Å². The standard InChI is InChI=1S/C15H17BrN/c1-11-8-12(2)14(13(3)9-11)10-17-7-5-4-6-15(17)16/h4-9H,10H2,1-3H3/q+1. The van der Waals surface area contributed by atoms with E-state index in [1.54, 1.807) is 0 Å². The van der Waals surface area contributed by atoms with Gasteiger partial charge in [-0.2, -0.15) is 4.57 Å². The van der Waals surface area contributed by atoms with Gasteiger partial charge >= 0.3 is 0 Å². The highest BCUT2D eigenvalue weighted by Crippen LogP contribution is 2.16. The van der Waals surface area contributed by atoms with Crippen LogP contribution in [0.4, 0.5) is 0 Å². The lowest BCUT2D eigenvalue weighted by Gasteiger charge is -2.09. The van der Waals surface area contributed by atoms with E-state index in [1.807, 2.05) is 6.07 Å².